The molecule has 3 rings (SSSR count). The minimum Gasteiger partial charge on any atom is -0.493 e. The molecule has 0 aliphatic heterocycles. The Morgan fingerprint density at radius 1 is 1.14 bits per heavy atom. The van der Waals surface area contributed by atoms with Gasteiger partial charge in [0.2, 0.25) is 5.88 Å². The van der Waals surface area contributed by atoms with Crippen molar-refractivity contribution in [1.82, 2.24) is 9.97 Å². The predicted molar refractivity (Wildman–Crippen MR) is 85.2 cm³/mol. The zero-order valence-corrected chi connectivity index (χ0v) is 12.6. The maximum absolute atomic E-state index is 5.91. The van der Waals surface area contributed by atoms with Gasteiger partial charge in [0.1, 0.15) is 11.2 Å². The summed E-state index contributed by atoms with van der Waals surface area (Å²) in [5.41, 5.74) is 1.06. The van der Waals surface area contributed by atoms with Crippen molar-refractivity contribution in [2.75, 3.05) is 7.11 Å². The molecule has 0 aliphatic rings. The summed E-state index contributed by atoms with van der Waals surface area (Å²) in [5, 5.41) is 2.88. The summed E-state index contributed by atoms with van der Waals surface area (Å²) in [6.45, 7) is 1.98. The third-order valence-electron chi connectivity index (χ3n) is 2.98. The molecule has 0 amide bonds. The lowest BCUT2D eigenvalue weighted by atomic mass is 10.2. The van der Waals surface area contributed by atoms with E-state index in [9.17, 15) is 0 Å². The minimum atomic E-state index is 0.540. The van der Waals surface area contributed by atoms with Crippen molar-refractivity contribution in [2.45, 2.75) is 6.92 Å². The van der Waals surface area contributed by atoms with Gasteiger partial charge < -0.3 is 9.47 Å². The van der Waals surface area contributed by atoms with Crippen LogP contribution in [0.3, 0.4) is 0 Å². The fourth-order valence-electron chi connectivity index (χ4n) is 2.02. The minimum absolute atomic E-state index is 0.540. The Hall–Kier alpha value is -2.40. The van der Waals surface area contributed by atoms with E-state index in [0.717, 1.165) is 15.8 Å². The highest BCUT2D eigenvalue weighted by molar-refractivity contribution is 7.16. The Morgan fingerprint density at radius 3 is 2.86 bits per heavy atom. The third-order valence-corrected chi connectivity index (χ3v) is 3.80. The van der Waals surface area contributed by atoms with Crippen LogP contribution in [0.1, 0.15) is 12.5 Å². The molecule has 0 fully saturated rings. The van der Waals surface area contributed by atoms with Crippen LogP contribution in [0.4, 0.5) is 0 Å². The first kappa shape index (κ1) is 13.6. The van der Waals surface area contributed by atoms with Crippen LogP contribution in [-0.2, 0) is 0 Å². The second kappa shape index (κ2) is 5.93. The molecule has 0 spiro atoms. The Morgan fingerprint density at radius 2 is 2.05 bits per heavy atom. The number of thiophene rings is 1. The number of methoxy groups -OCH3 is 1. The van der Waals surface area contributed by atoms with Crippen LogP contribution in [0.2, 0.25) is 0 Å². The molecular formula is C16H14N2O2S. The Kier molecular flexibility index (Phi) is 3.83. The monoisotopic (exact) mass is 298 g/mol. The lowest BCUT2D eigenvalue weighted by molar-refractivity contribution is 0.375. The summed E-state index contributed by atoms with van der Waals surface area (Å²) in [5.74, 6) is 1.85. The normalized spacial score (nSPS) is 11.1. The molecule has 106 valence electrons. The van der Waals surface area contributed by atoms with Crippen LogP contribution in [0.25, 0.3) is 16.3 Å². The van der Waals surface area contributed by atoms with Crippen molar-refractivity contribution in [1.29, 1.82) is 0 Å². The van der Waals surface area contributed by atoms with Crippen molar-refractivity contribution in [3.05, 3.63) is 47.6 Å². The molecular weight excluding hydrogens is 284 g/mol. The summed E-state index contributed by atoms with van der Waals surface area (Å²) >= 11 is 1.56. The summed E-state index contributed by atoms with van der Waals surface area (Å²) < 4.78 is 11.3. The van der Waals surface area contributed by atoms with Gasteiger partial charge >= 0.3 is 0 Å². The summed E-state index contributed by atoms with van der Waals surface area (Å²) in [7, 11) is 1.63. The fraction of sp³-hybridized carbons (Fsp3) is 0.125. The number of ether oxygens (including phenoxy) is 2. The highest BCUT2D eigenvalue weighted by atomic mass is 32.1. The van der Waals surface area contributed by atoms with Crippen molar-refractivity contribution >= 4 is 27.6 Å². The van der Waals surface area contributed by atoms with Crippen LogP contribution >= 0.6 is 11.3 Å². The molecule has 0 saturated heterocycles. The molecule has 0 radical (unpaired) electrons. The van der Waals surface area contributed by atoms with Gasteiger partial charge in [0.15, 0.2) is 11.5 Å². The first-order valence-electron chi connectivity index (χ1n) is 6.48. The van der Waals surface area contributed by atoms with Gasteiger partial charge in [-0.1, -0.05) is 18.2 Å². The van der Waals surface area contributed by atoms with Gasteiger partial charge in [-0.3, -0.25) is 0 Å². The first-order valence-corrected chi connectivity index (χ1v) is 7.36. The van der Waals surface area contributed by atoms with Gasteiger partial charge in [-0.2, -0.15) is 0 Å². The molecule has 0 atom stereocenters. The molecule has 0 unspecified atom stereocenters. The second-order valence-corrected chi connectivity index (χ2v) is 5.23. The van der Waals surface area contributed by atoms with E-state index in [1.165, 1.54) is 6.33 Å². The van der Waals surface area contributed by atoms with E-state index in [1.54, 1.807) is 18.4 Å². The quantitative estimate of drug-likeness (QED) is 0.710. The average Bonchev–Trinajstić information content (AvgIpc) is 2.98. The van der Waals surface area contributed by atoms with E-state index in [1.807, 2.05) is 48.7 Å². The Bertz CT molecular complexity index is 796. The standard InChI is InChI=1S/C16H14N2O2S/c1-3-4-11-5-6-13(14(9-11)19-2)20-15-12-7-8-21-16(12)18-10-17-15/h3-10H,1-2H3. The van der Waals surface area contributed by atoms with E-state index in [-0.39, 0.29) is 0 Å². The highest BCUT2D eigenvalue weighted by Crippen LogP contribution is 2.35. The zero-order valence-electron chi connectivity index (χ0n) is 11.7. The SMILES string of the molecule is CC=Cc1ccc(Oc2ncnc3sccc23)c(OC)c1. The van der Waals surface area contributed by atoms with Gasteiger partial charge in [0.25, 0.3) is 0 Å². The predicted octanol–water partition coefficient (Wildman–Crippen LogP) is 4.53. The first-order chi connectivity index (χ1) is 10.3. The van der Waals surface area contributed by atoms with Gasteiger partial charge in [0.05, 0.1) is 12.5 Å². The van der Waals surface area contributed by atoms with Gasteiger partial charge in [0, 0.05) is 0 Å². The van der Waals surface area contributed by atoms with Crippen molar-refractivity contribution in [3.63, 3.8) is 0 Å². The van der Waals surface area contributed by atoms with E-state index in [4.69, 9.17) is 9.47 Å². The summed E-state index contributed by atoms with van der Waals surface area (Å²) in [6.07, 6.45) is 5.50. The van der Waals surface area contributed by atoms with Crippen molar-refractivity contribution in [2.24, 2.45) is 0 Å². The smallest absolute Gasteiger partial charge is 0.231 e. The number of hydrogen-bond donors (Lipinski definition) is 0. The highest BCUT2D eigenvalue weighted by Gasteiger charge is 2.11. The fourth-order valence-corrected chi connectivity index (χ4v) is 2.74. The molecule has 2 heterocycles. The van der Waals surface area contributed by atoms with Crippen LogP contribution in [0.5, 0.6) is 17.4 Å². The second-order valence-electron chi connectivity index (χ2n) is 4.33. The van der Waals surface area contributed by atoms with Crippen LogP contribution < -0.4 is 9.47 Å². The van der Waals surface area contributed by atoms with Gasteiger partial charge in [-0.05, 0) is 36.1 Å². The number of rotatable bonds is 4. The number of hydrogen-bond acceptors (Lipinski definition) is 5. The maximum Gasteiger partial charge on any atom is 0.231 e. The van der Waals surface area contributed by atoms with E-state index >= 15 is 0 Å². The topological polar surface area (TPSA) is 44.2 Å². The molecule has 0 N–H and O–H groups in total. The zero-order chi connectivity index (χ0) is 14.7. The molecule has 21 heavy (non-hydrogen) atoms. The molecule has 0 bridgehead atoms. The van der Waals surface area contributed by atoms with Crippen LogP contribution in [0.15, 0.2) is 42.0 Å². The Balaban J connectivity index is 1.99. The molecule has 2 aromatic heterocycles. The number of aromatic nitrogens is 2. The molecule has 4 nitrogen and oxygen atoms in total. The van der Waals surface area contributed by atoms with E-state index in [2.05, 4.69) is 9.97 Å². The average molecular weight is 298 g/mol. The van der Waals surface area contributed by atoms with Crippen LogP contribution in [-0.4, -0.2) is 17.1 Å². The Labute approximate surface area is 126 Å². The summed E-state index contributed by atoms with van der Waals surface area (Å²) in [4.78, 5) is 9.33. The maximum atomic E-state index is 5.91. The molecule has 0 saturated carbocycles. The van der Waals surface area contributed by atoms with E-state index < -0.39 is 0 Å². The lowest BCUT2D eigenvalue weighted by Gasteiger charge is -2.10. The van der Waals surface area contributed by atoms with Crippen molar-refractivity contribution < 1.29 is 9.47 Å². The largest absolute Gasteiger partial charge is 0.493 e. The number of benzene rings is 1. The molecule has 3 aromatic rings. The van der Waals surface area contributed by atoms with Crippen molar-refractivity contribution in [3.8, 4) is 17.4 Å². The van der Waals surface area contributed by atoms with Gasteiger partial charge in [-0.25, -0.2) is 9.97 Å². The third kappa shape index (κ3) is 2.73. The summed E-state index contributed by atoms with van der Waals surface area (Å²) in [6, 6.07) is 7.75. The number of fused-ring (bicyclic) bond motifs is 1. The lowest BCUT2D eigenvalue weighted by Crippen LogP contribution is -1.93. The van der Waals surface area contributed by atoms with E-state index in [0.29, 0.717) is 17.4 Å². The molecule has 5 heteroatoms. The molecule has 0 aliphatic carbocycles. The van der Waals surface area contributed by atoms with Crippen LogP contribution in [0, 0.1) is 0 Å². The molecule has 1 aromatic carbocycles. The number of nitrogens with zero attached hydrogens (tertiary/aromatic N) is 2. The van der Waals surface area contributed by atoms with Gasteiger partial charge in [-0.15, -0.1) is 11.3 Å². The number of allylic oxidation sites excluding steroid dienone is 1.